The standard InChI is InChI=1S/C59H51N/c1-57(2)33-34-58(3,4)56-48(24-16-26-53(56)57)51-36-50-47-23-14-15-25-52(47)59(5,6)54(50)37-55(51)60(40-29-27-39(28-30-40)38-17-8-7-9-18-38)41-31-32-46-44-21-11-10-19-42(44)43-20-12-13-22-45(43)49(46)35-41/h7-32,35-37H,33-34H2,1-6H3. The summed E-state index contributed by atoms with van der Waals surface area (Å²) in [7, 11) is 0. The summed E-state index contributed by atoms with van der Waals surface area (Å²) in [5, 5.41) is 7.69. The molecule has 0 fully saturated rings. The first-order valence-corrected chi connectivity index (χ1v) is 21.7. The van der Waals surface area contributed by atoms with Crippen LogP contribution < -0.4 is 4.90 Å². The molecule has 0 aromatic heterocycles. The minimum Gasteiger partial charge on any atom is -0.310 e. The van der Waals surface area contributed by atoms with Crippen LogP contribution in [0.2, 0.25) is 0 Å². The minimum absolute atomic E-state index is 0.0139. The van der Waals surface area contributed by atoms with E-state index in [1.807, 2.05) is 0 Å². The second-order valence-electron chi connectivity index (χ2n) is 19.2. The van der Waals surface area contributed by atoms with Crippen LogP contribution in [0.5, 0.6) is 0 Å². The fourth-order valence-electron chi connectivity index (χ4n) is 11.0. The van der Waals surface area contributed by atoms with E-state index < -0.39 is 0 Å². The van der Waals surface area contributed by atoms with Gasteiger partial charge in [-0.2, -0.15) is 0 Å². The molecule has 0 unspecified atom stereocenters. The van der Waals surface area contributed by atoms with Gasteiger partial charge in [-0.25, -0.2) is 0 Å². The summed E-state index contributed by atoms with van der Waals surface area (Å²) in [5.41, 5.74) is 16.9. The molecule has 0 spiro atoms. The number of rotatable bonds is 5. The summed E-state index contributed by atoms with van der Waals surface area (Å²) >= 11 is 0. The van der Waals surface area contributed by atoms with Gasteiger partial charge < -0.3 is 4.90 Å². The van der Waals surface area contributed by atoms with Crippen molar-refractivity contribution in [3.8, 4) is 33.4 Å². The van der Waals surface area contributed by atoms with Crippen molar-refractivity contribution < 1.29 is 0 Å². The minimum atomic E-state index is -0.169. The van der Waals surface area contributed by atoms with E-state index in [4.69, 9.17) is 0 Å². The molecule has 2 aliphatic carbocycles. The summed E-state index contributed by atoms with van der Waals surface area (Å²) in [6, 6.07) is 66.3. The number of hydrogen-bond donors (Lipinski definition) is 0. The SMILES string of the molecule is CC1(C)CCC(C)(C)c2c(-c3cc4c(cc3N(c3ccc(-c5ccccc5)cc3)c3ccc5c6ccccc6c6ccccc6c5c3)C(C)(C)c3ccccc3-4)cccc21. The Morgan fingerprint density at radius 3 is 1.58 bits per heavy atom. The van der Waals surface area contributed by atoms with Gasteiger partial charge in [0.25, 0.3) is 0 Å². The molecule has 0 atom stereocenters. The van der Waals surface area contributed by atoms with Crippen molar-refractivity contribution in [2.24, 2.45) is 0 Å². The van der Waals surface area contributed by atoms with Crippen LogP contribution in [0.4, 0.5) is 17.1 Å². The van der Waals surface area contributed by atoms with E-state index in [9.17, 15) is 0 Å². The number of anilines is 3. The third kappa shape index (κ3) is 5.52. The highest BCUT2D eigenvalue weighted by atomic mass is 15.1. The Morgan fingerprint density at radius 2 is 0.883 bits per heavy atom. The zero-order chi connectivity index (χ0) is 41.0. The van der Waals surface area contributed by atoms with Crippen LogP contribution in [-0.2, 0) is 16.2 Å². The molecule has 1 heteroatoms. The Morgan fingerprint density at radius 1 is 0.350 bits per heavy atom. The summed E-state index contributed by atoms with van der Waals surface area (Å²) in [5.74, 6) is 0. The lowest BCUT2D eigenvalue weighted by molar-refractivity contribution is 0.333. The molecule has 292 valence electrons. The van der Waals surface area contributed by atoms with Gasteiger partial charge in [-0.1, -0.05) is 181 Å². The van der Waals surface area contributed by atoms with Crippen LogP contribution in [0.1, 0.15) is 76.6 Å². The second-order valence-corrected chi connectivity index (χ2v) is 19.2. The van der Waals surface area contributed by atoms with Crippen molar-refractivity contribution in [3.63, 3.8) is 0 Å². The summed E-state index contributed by atoms with van der Waals surface area (Å²) in [4.78, 5) is 2.56. The first-order chi connectivity index (χ1) is 29.0. The van der Waals surface area contributed by atoms with Gasteiger partial charge >= 0.3 is 0 Å². The molecule has 0 amide bonds. The summed E-state index contributed by atoms with van der Waals surface area (Å²) in [6.07, 6.45) is 2.32. The predicted octanol–water partition coefficient (Wildman–Crippen LogP) is 16.6. The van der Waals surface area contributed by atoms with Gasteiger partial charge in [0.1, 0.15) is 0 Å². The molecule has 0 radical (unpaired) electrons. The highest BCUT2D eigenvalue weighted by molar-refractivity contribution is 6.25. The Hall–Kier alpha value is -6.44. The molecule has 9 aromatic rings. The molecule has 0 aliphatic heterocycles. The van der Waals surface area contributed by atoms with Crippen LogP contribution in [0.25, 0.3) is 65.7 Å². The van der Waals surface area contributed by atoms with Crippen molar-refractivity contribution in [1.82, 2.24) is 0 Å². The van der Waals surface area contributed by atoms with Crippen LogP contribution >= 0.6 is 0 Å². The van der Waals surface area contributed by atoms with E-state index in [0.717, 1.165) is 17.8 Å². The van der Waals surface area contributed by atoms with Gasteiger partial charge in [0, 0.05) is 22.4 Å². The molecule has 0 saturated heterocycles. The number of fused-ring (bicyclic) bond motifs is 10. The van der Waals surface area contributed by atoms with E-state index >= 15 is 0 Å². The lowest BCUT2D eigenvalue weighted by Crippen LogP contribution is -2.34. The van der Waals surface area contributed by atoms with Crippen LogP contribution in [-0.4, -0.2) is 0 Å². The van der Waals surface area contributed by atoms with Gasteiger partial charge in [-0.05, 0) is 142 Å². The van der Waals surface area contributed by atoms with E-state index in [1.165, 1.54) is 100 Å². The molecule has 11 rings (SSSR count). The number of nitrogens with zero attached hydrogens (tertiary/aromatic N) is 1. The van der Waals surface area contributed by atoms with Crippen molar-refractivity contribution in [2.75, 3.05) is 4.90 Å². The molecule has 0 saturated carbocycles. The smallest absolute Gasteiger partial charge is 0.0543 e. The zero-order valence-electron chi connectivity index (χ0n) is 35.6. The maximum Gasteiger partial charge on any atom is 0.0543 e. The molecular formula is C59H51N. The Balaban J connectivity index is 1.25. The topological polar surface area (TPSA) is 3.24 Å². The molecule has 9 aromatic carbocycles. The third-order valence-corrected chi connectivity index (χ3v) is 14.3. The second kappa shape index (κ2) is 13.3. The largest absolute Gasteiger partial charge is 0.310 e. The van der Waals surface area contributed by atoms with Gasteiger partial charge in [-0.15, -0.1) is 0 Å². The van der Waals surface area contributed by atoms with Crippen molar-refractivity contribution >= 4 is 49.4 Å². The van der Waals surface area contributed by atoms with Gasteiger partial charge in [0.15, 0.2) is 0 Å². The number of hydrogen-bond acceptors (Lipinski definition) is 1. The lowest BCUT2D eigenvalue weighted by Gasteiger charge is -2.43. The van der Waals surface area contributed by atoms with E-state index in [0.29, 0.717) is 0 Å². The highest BCUT2D eigenvalue weighted by Gasteiger charge is 2.41. The first kappa shape index (κ1) is 36.6. The highest BCUT2D eigenvalue weighted by Crippen LogP contribution is 2.56. The van der Waals surface area contributed by atoms with Gasteiger partial charge in [0.2, 0.25) is 0 Å². The molecule has 0 bridgehead atoms. The normalized spacial score (nSPS) is 15.8. The quantitative estimate of drug-likeness (QED) is 0.157. The summed E-state index contributed by atoms with van der Waals surface area (Å²) < 4.78 is 0. The maximum atomic E-state index is 2.56. The van der Waals surface area contributed by atoms with Gasteiger partial charge in [0.05, 0.1) is 5.69 Å². The molecule has 60 heavy (non-hydrogen) atoms. The number of benzene rings is 9. The van der Waals surface area contributed by atoms with Crippen LogP contribution in [0, 0.1) is 0 Å². The molecular weight excluding hydrogens is 723 g/mol. The molecule has 0 heterocycles. The van der Waals surface area contributed by atoms with E-state index in [-0.39, 0.29) is 16.2 Å². The molecule has 2 aliphatic rings. The Labute approximate surface area is 355 Å². The first-order valence-electron chi connectivity index (χ1n) is 21.7. The average molecular weight is 774 g/mol. The average Bonchev–Trinajstić information content (AvgIpc) is 3.50. The lowest BCUT2D eigenvalue weighted by atomic mass is 9.61. The van der Waals surface area contributed by atoms with E-state index in [1.54, 1.807) is 0 Å². The van der Waals surface area contributed by atoms with Crippen LogP contribution in [0.3, 0.4) is 0 Å². The van der Waals surface area contributed by atoms with E-state index in [2.05, 4.69) is 222 Å². The Bertz CT molecular complexity index is 3130. The summed E-state index contributed by atoms with van der Waals surface area (Å²) in [6.45, 7) is 14.6. The third-order valence-electron chi connectivity index (χ3n) is 14.3. The molecule has 1 nitrogen and oxygen atoms in total. The van der Waals surface area contributed by atoms with Crippen molar-refractivity contribution in [2.45, 2.75) is 70.6 Å². The zero-order valence-corrected chi connectivity index (χ0v) is 35.6. The molecule has 0 N–H and O–H groups in total. The van der Waals surface area contributed by atoms with Crippen LogP contribution in [0.15, 0.2) is 176 Å². The van der Waals surface area contributed by atoms with Crippen molar-refractivity contribution in [1.29, 1.82) is 0 Å². The maximum absolute atomic E-state index is 2.56. The Kier molecular flexibility index (Phi) is 8.11. The fraction of sp³-hybridized carbons (Fsp3) is 0.186. The fourth-order valence-corrected chi connectivity index (χ4v) is 11.0. The monoisotopic (exact) mass is 773 g/mol. The van der Waals surface area contributed by atoms with Gasteiger partial charge in [-0.3, -0.25) is 0 Å². The van der Waals surface area contributed by atoms with Crippen molar-refractivity contribution in [3.05, 3.63) is 198 Å². The predicted molar refractivity (Wildman–Crippen MR) is 257 cm³/mol.